The van der Waals surface area contributed by atoms with Crippen molar-refractivity contribution in [1.29, 1.82) is 0 Å². The van der Waals surface area contributed by atoms with Crippen molar-refractivity contribution < 1.29 is 9.21 Å². The molecule has 22 heavy (non-hydrogen) atoms. The van der Waals surface area contributed by atoms with E-state index in [1.165, 1.54) is 0 Å². The standard InChI is InChI=1S/C18H24N2O2/c1-12-8-6-7-9-14(12)20-16(21)11-10-15-13(2)19-17(22-15)18(3,4)5/h6-9H,10-11H2,1-5H3,(H,20,21). The molecule has 4 heteroatoms. The summed E-state index contributed by atoms with van der Waals surface area (Å²) in [6, 6.07) is 7.76. The van der Waals surface area contributed by atoms with Crippen LogP contribution in [0.25, 0.3) is 0 Å². The minimum atomic E-state index is -0.119. The molecule has 2 rings (SSSR count). The smallest absolute Gasteiger partial charge is 0.224 e. The molecule has 1 N–H and O–H groups in total. The molecule has 2 aromatic rings. The molecule has 0 radical (unpaired) electrons. The number of aromatic nitrogens is 1. The molecule has 0 spiro atoms. The lowest BCUT2D eigenvalue weighted by Crippen LogP contribution is -2.13. The Morgan fingerprint density at radius 2 is 1.91 bits per heavy atom. The molecule has 0 aliphatic heterocycles. The van der Waals surface area contributed by atoms with Gasteiger partial charge in [-0.1, -0.05) is 39.0 Å². The lowest BCUT2D eigenvalue weighted by Gasteiger charge is -2.12. The zero-order valence-corrected chi connectivity index (χ0v) is 14.0. The average Bonchev–Trinajstić information content (AvgIpc) is 2.80. The summed E-state index contributed by atoms with van der Waals surface area (Å²) in [6.45, 7) is 10.1. The number of benzene rings is 1. The first-order valence-electron chi connectivity index (χ1n) is 7.59. The highest BCUT2D eigenvalue weighted by molar-refractivity contribution is 5.91. The molecule has 0 atom stereocenters. The zero-order valence-electron chi connectivity index (χ0n) is 14.0. The maximum absolute atomic E-state index is 12.1. The maximum Gasteiger partial charge on any atom is 0.224 e. The molecule has 0 bridgehead atoms. The van der Waals surface area contributed by atoms with Gasteiger partial charge in [0.05, 0.1) is 5.69 Å². The maximum atomic E-state index is 12.1. The number of nitrogens with one attached hydrogen (secondary N) is 1. The molecule has 0 aliphatic rings. The fraction of sp³-hybridized carbons (Fsp3) is 0.444. The van der Waals surface area contributed by atoms with Crippen LogP contribution in [0.3, 0.4) is 0 Å². The Kier molecular flexibility index (Phi) is 4.69. The molecule has 4 nitrogen and oxygen atoms in total. The third-order valence-corrected chi connectivity index (χ3v) is 3.53. The molecule has 0 unspecified atom stereocenters. The minimum absolute atomic E-state index is 0.0117. The van der Waals surface area contributed by atoms with Crippen LogP contribution in [0.1, 0.15) is 50.1 Å². The molecule has 1 amide bonds. The zero-order chi connectivity index (χ0) is 16.3. The van der Waals surface area contributed by atoms with Gasteiger partial charge in [0, 0.05) is 23.9 Å². The summed E-state index contributed by atoms with van der Waals surface area (Å²) in [7, 11) is 0. The van der Waals surface area contributed by atoms with Gasteiger partial charge in [-0.15, -0.1) is 0 Å². The Hall–Kier alpha value is -2.10. The van der Waals surface area contributed by atoms with Gasteiger partial charge < -0.3 is 9.73 Å². The van der Waals surface area contributed by atoms with Gasteiger partial charge in [0.2, 0.25) is 5.91 Å². The van der Waals surface area contributed by atoms with Crippen LogP contribution < -0.4 is 5.32 Å². The molecular weight excluding hydrogens is 276 g/mol. The van der Waals surface area contributed by atoms with Gasteiger partial charge in [-0.25, -0.2) is 4.98 Å². The molecular formula is C18H24N2O2. The first-order valence-corrected chi connectivity index (χ1v) is 7.59. The number of carbonyl (C=O) groups is 1. The SMILES string of the molecule is Cc1ccccc1NC(=O)CCc1oc(C(C)(C)C)nc1C. The third-order valence-electron chi connectivity index (χ3n) is 3.53. The highest BCUT2D eigenvalue weighted by Crippen LogP contribution is 2.24. The second-order valence-corrected chi connectivity index (χ2v) is 6.64. The van der Waals surface area contributed by atoms with Crippen LogP contribution in [0, 0.1) is 13.8 Å². The summed E-state index contributed by atoms with van der Waals surface area (Å²) in [5.41, 5.74) is 2.67. The molecule has 0 saturated heterocycles. The van der Waals surface area contributed by atoms with Crippen molar-refractivity contribution in [3.8, 4) is 0 Å². The van der Waals surface area contributed by atoms with Crippen LogP contribution in [0.15, 0.2) is 28.7 Å². The fourth-order valence-corrected chi connectivity index (χ4v) is 2.13. The molecule has 118 valence electrons. The molecule has 1 aromatic heterocycles. The second kappa shape index (κ2) is 6.34. The monoisotopic (exact) mass is 300 g/mol. The number of aryl methyl sites for hydroxylation is 3. The van der Waals surface area contributed by atoms with Crippen molar-refractivity contribution in [2.75, 3.05) is 5.32 Å². The van der Waals surface area contributed by atoms with E-state index in [4.69, 9.17) is 4.42 Å². The number of carbonyl (C=O) groups excluding carboxylic acids is 1. The Morgan fingerprint density at radius 3 is 2.50 bits per heavy atom. The summed E-state index contributed by atoms with van der Waals surface area (Å²) < 4.78 is 5.81. The van der Waals surface area contributed by atoms with Crippen LogP contribution in [-0.2, 0) is 16.6 Å². The number of hydrogen-bond acceptors (Lipinski definition) is 3. The van der Waals surface area contributed by atoms with E-state index >= 15 is 0 Å². The molecule has 1 aromatic carbocycles. The summed E-state index contributed by atoms with van der Waals surface area (Å²) in [6.07, 6.45) is 0.945. The van der Waals surface area contributed by atoms with Gasteiger partial charge in [0.1, 0.15) is 5.76 Å². The lowest BCUT2D eigenvalue weighted by atomic mass is 9.97. The predicted molar refractivity (Wildman–Crippen MR) is 88.1 cm³/mol. The first-order chi connectivity index (χ1) is 10.3. The van der Waals surface area contributed by atoms with Gasteiger partial charge in [-0.2, -0.15) is 0 Å². The lowest BCUT2D eigenvalue weighted by molar-refractivity contribution is -0.116. The van der Waals surface area contributed by atoms with Crippen molar-refractivity contribution in [3.05, 3.63) is 47.2 Å². The predicted octanol–water partition coefficient (Wildman–Crippen LogP) is 4.16. The van der Waals surface area contributed by atoms with E-state index in [9.17, 15) is 4.79 Å². The number of amides is 1. The van der Waals surface area contributed by atoms with Crippen molar-refractivity contribution >= 4 is 11.6 Å². The van der Waals surface area contributed by atoms with Gasteiger partial charge in [-0.05, 0) is 25.5 Å². The summed E-state index contributed by atoms with van der Waals surface area (Å²) in [4.78, 5) is 16.5. The minimum Gasteiger partial charge on any atom is -0.445 e. The summed E-state index contributed by atoms with van der Waals surface area (Å²) in [5.74, 6) is 1.51. The number of hydrogen-bond donors (Lipinski definition) is 1. The van der Waals surface area contributed by atoms with Crippen molar-refractivity contribution in [2.45, 2.75) is 52.9 Å². The molecule has 0 fully saturated rings. The highest BCUT2D eigenvalue weighted by Gasteiger charge is 2.22. The summed E-state index contributed by atoms with van der Waals surface area (Å²) >= 11 is 0. The van der Waals surface area contributed by atoms with Crippen molar-refractivity contribution in [1.82, 2.24) is 4.98 Å². The Balaban J connectivity index is 1.97. The van der Waals surface area contributed by atoms with Crippen LogP contribution in [0.4, 0.5) is 5.69 Å². The Morgan fingerprint density at radius 1 is 1.23 bits per heavy atom. The molecule has 0 saturated carbocycles. The first kappa shape index (κ1) is 16.3. The second-order valence-electron chi connectivity index (χ2n) is 6.64. The Labute approximate surface area is 131 Å². The van der Waals surface area contributed by atoms with E-state index in [1.54, 1.807) is 0 Å². The third kappa shape index (κ3) is 3.97. The van der Waals surface area contributed by atoms with E-state index in [1.807, 2.05) is 38.1 Å². The van der Waals surface area contributed by atoms with Crippen LogP contribution in [0.5, 0.6) is 0 Å². The van der Waals surface area contributed by atoms with Gasteiger partial charge in [0.15, 0.2) is 5.89 Å². The van der Waals surface area contributed by atoms with E-state index in [-0.39, 0.29) is 11.3 Å². The van der Waals surface area contributed by atoms with E-state index < -0.39 is 0 Å². The van der Waals surface area contributed by atoms with Crippen molar-refractivity contribution in [3.63, 3.8) is 0 Å². The number of rotatable bonds is 4. The van der Waals surface area contributed by atoms with Crippen LogP contribution in [-0.4, -0.2) is 10.9 Å². The van der Waals surface area contributed by atoms with Gasteiger partial charge in [-0.3, -0.25) is 4.79 Å². The van der Waals surface area contributed by atoms with Crippen LogP contribution in [0.2, 0.25) is 0 Å². The van der Waals surface area contributed by atoms with E-state index in [0.717, 1.165) is 28.6 Å². The van der Waals surface area contributed by atoms with E-state index in [2.05, 4.69) is 31.1 Å². The van der Waals surface area contributed by atoms with Crippen molar-refractivity contribution in [2.24, 2.45) is 0 Å². The summed E-state index contributed by atoms with van der Waals surface area (Å²) in [5, 5.41) is 2.94. The van der Waals surface area contributed by atoms with Crippen LogP contribution >= 0.6 is 0 Å². The quantitative estimate of drug-likeness (QED) is 0.922. The topological polar surface area (TPSA) is 55.1 Å². The number of para-hydroxylation sites is 1. The largest absolute Gasteiger partial charge is 0.445 e. The average molecular weight is 300 g/mol. The number of nitrogens with zero attached hydrogens (tertiary/aromatic N) is 1. The fourth-order valence-electron chi connectivity index (χ4n) is 2.13. The van der Waals surface area contributed by atoms with E-state index in [0.29, 0.717) is 12.8 Å². The number of anilines is 1. The number of oxazole rings is 1. The molecule has 0 aliphatic carbocycles. The highest BCUT2D eigenvalue weighted by atomic mass is 16.4. The van der Waals surface area contributed by atoms with Gasteiger partial charge >= 0.3 is 0 Å². The molecule has 1 heterocycles. The normalized spacial score (nSPS) is 11.5. The Bertz CT molecular complexity index is 666. The van der Waals surface area contributed by atoms with Gasteiger partial charge in [0.25, 0.3) is 0 Å².